The first kappa shape index (κ1) is 14.9. The quantitative estimate of drug-likeness (QED) is 0.773. The second-order valence-electron chi connectivity index (χ2n) is 4.39. The van der Waals surface area contributed by atoms with Gasteiger partial charge in [0.15, 0.2) is 6.04 Å². The molecule has 0 fully saturated rings. The van der Waals surface area contributed by atoms with Gasteiger partial charge in [0.05, 0.1) is 16.8 Å². The number of halogens is 1. The van der Waals surface area contributed by atoms with E-state index in [-0.39, 0.29) is 16.3 Å². The molecular weight excluding hydrogens is 296 g/mol. The van der Waals surface area contributed by atoms with Gasteiger partial charge < -0.3 is 16.2 Å². The summed E-state index contributed by atoms with van der Waals surface area (Å²) in [6.07, 6.45) is 3.00. The minimum atomic E-state index is -1.11. The molecule has 21 heavy (non-hydrogen) atoms. The minimum Gasteiger partial charge on any atom is -0.479 e. The summed E-state index contributed by atoms with van der Waals surface area (Å²) in [7, 11) is 1.68. The summed E-state index contributed by atoms with van der Waals surface area (Å²) in [5.74, 6) is -1.85. The van der Waals surface area contributed by atoms with Crippen molar-refractivity contribution in [2.45, 2.75) is 6.04 Å². The van der Waals surface area contributed by atoms with Crippen molar-refractivity contribution in [3.8, 4) is 0 Å². The van der Waals surface area contributed by atoms with Crippen LogP contribution in [0.1, 0.15) is 22.0 Å². The van der Waals surface area contributed by atoms with Gasteiger partial charge in [-0.3, -0.25) is 9.48 Å². The van der Waals surface area contributed by atoms with Crippen LogP contribution in [0.5, 0.6) is 0 Å². The number of aliphatic carboxylic acids is 1. The van der Waals surface area contributed by atoms with Crippen molar-refractivity contribution >= 4 is 29.2 Å². The van der Waals surface area contributed by atoms with Crippen LogP contribution in [0.3, 0.4) is 0 Å². The van der Waals surface area contributed by atoms with E-state index in [4.69, 9.17) is 17.3 Å². The van der Waals surface area contributed by atoms with Crippen molar-refractivity contribution in [3.63, 3.8) is 0 Å². The van der Waals surface area contributed by atoms with Crippen LogP contribution >= 0.6 is 11.6 Å². The molecule has 2 aromatic rings. The minimum absolute atomic E-state index is 0.0503. The summed E-state index contributed by atoms with van der Waals surface area (Å²) in [6.45, 7) is 0. The van der Waals surface area contributed by atoms with E-state index in [9.17, 15) is 14.7 Å². The zero-order chi connectivity index (χ0) is 15.6. The van der Waals surface area contributed by atoms with Crippen molar-refractivity contribution in [1.29, 1.82) is 0 Å². The lowest BCUT2D eigenvalue weighted by Gasteiger charge is -2.17. The number of amides is 1. The van der Waals surface area contributed by atoms with Crippen molar-refractivity contribution in [1.82, 2.24) is 9.78 Å². The SMILES string of the molecule is Cn1cc(C(Nc2cccc(Cl)c2C(N)=O)C(=O)O)cn1. The number of carboxylic acid groups (broad SMARTS) is 1. The molecule has 0 aliphatic carbocycles. The van der Waals surface area contributed by atoms with Gasteiger partial charge in [0.1, 0.15) is 0 Å². The number of nitrogens with two attached hydrogens (primary N) is 1. The largest absolute Gasteiger partial charge is 0.479 e. The predicted octanol–water partition coefficient (Wildman–Crippen LogP) is 1.41. The third-order valence-corrected chi connectivity index (χ3v) is 3.18. The molecule has 0 bridgehead atoms. The Kier molecular flexibility index (Phi) is 4.13. The normalized spacial score (nSPS) is 11.9. The van der Waals surface area contributed by atoms with Crippen LogP contribution in [0.2, 0.25) is 5.02 Å². The van der Waals surface area contributed by atoms with Gasteiger partial charge >= 0.3 is 5.97 Å². The third kappa shape index (κ3) is 3.14. The maximum absolute atomic E-state index is 11.5. The fourth-order valence-corrected chi connectivity index (χ4v) is 2.19. The Morgan fingerprint density at radius 3 is 2.71 bits per heavy atom. The second kappa shape index (κ2) is 5.84. The van der Waals surface area contributed by atoms with Crippen LogP contribution < -0.4 is 11.1 Å². The van der Waals surface area contributed by atoms with E-state index >= 15 is 0 Å². The highest BCUT2D eigenvalue weighted by molar-refractivity contribution is 6.34. The summed E-state index contributed by atoms with van der Waals surface area (Å²) >= 11 is 5.93. The maximum Gasteiger partial charge on any atom is 0.330 e. The van der Waals surface area contributed by atoms with Gasteiger partial charge in [0, 0.05) is 24.5 Å². The zero-order valence-electron chi connectivity index (χ0n) is 11.1. The number of primary amides is 1. The molecular formula is C13H13ClN4O3. The number of aromatic nitrogens is 2. The average molecular weight is 309 g/mol. The number of carbonyl (C=O) groups excluding carboxylic acids is 1. The molecule has 2 rings (SSSR count). The first-order valence-electron chi connectivity index (χ1n) is 5.96. The van der Waals surface area contributed by atoms with Gasteiger partial charge in [-0.15, -0.1) is 0 Å². The molecule has 1 unspecified atom stereocenters. The van der Waals surface area contributed by atoms with E-state index in [0.717, 1.165) is 0 Å². The van der Waals surface area contributed by atoms with E-state index in [2.05, 4.69) is 10.4 Å². The lowest BCUT2D eigenvalue weighted by atomic mass is 10.1. The molecule has 0 spiro atoms. The Bertz CT molecular complexity index is 698. The van der Waals surface area contributed by atoms with E-state index in [1.165, 1.54) is 23.0 Å². The van der Waals surface area contributed by atoms with Crippen molar-refractivity contribution < 1.29 is 14.7 Å². The number of benzene rings is 1. The molecule has 1 atom stereocenters. The molecule has 1 aromatic heterocycles. The predicted molar refractivity (Wildman–Crippen MR) is 77.2 cm³/mol. The van der Waals surface area contributed by atoms with Crippen LogP contribution in [0.4, 0.5) is 5.69 Å². The Hall–Kier alpha value is -2.54. The van der Waals surface area contributed by atoms with Gasteiger partial charge in [-0.05, 0) is 12.1 Å². The average Bonchev–Trinajstić information content (AvgIpc) is 2.81. The molecule has 0 aliphatic rings. The lowest BCUT2D eigenvalue weighted by Crippen LogP contribution is -2.23. The molecule has 7 nitrogen and oxygen atoms in total. The topological polar surface area (TPSA) is 110 Å². The highest BCUT2D eigenvalue weighted by Gasteiger charge is 2.23. The van der Waals surface area contributed by atoms with Crippen LogP contribution in [0, 0.1) is 0 Å². The number of aryl methyl sites for hydroxylation is 1. The highest BCUT2D eigenvalue weighted by atomic mass is 35.5. The lowest BCUT2D eigenvalue weighted by molar-refractivity contribution is -0.138. The van der Waals surface area contributed by atoms with Gasteiger partial charge in [-0.2, -0.15) is 5.10 Å². The van der Waals surface area contributed by atoms with Crippen LogP contribution in [-0.4, -0.2) is 26.8 Å². The second-order valence-corrected chi connectivity index (χ2v) is 4.80. The van der Waals surface area contributed by atoms with Crippen molar-refractivity contribution in [3.05, 3.63) is 46.7 Å². The Morgan fingerprint density at radius 2 is 2.19 bits per heavy atom. The third-order valence-electron chi connectivity index (χ3n) is 2.86. The Balaban J connectivity index is 2.41. The van der Waals surface area contributed by atoms with Crippen LogP contribution in [0.15, 0.2) is 30.6 Å². The molecule has 0 aliphatic heterocycles. The number of nitrogens with zero attached hydrogens (tertiary/aromatic N) is 2. The smallest absolute Gasteiger partial charge is 0.330 e. The number of nitrogens with one attached hydrogen (secondary N) is 1. The number of hydrogen-bond donors (Lipinski definition) is 3. The van der Waals surface area contributed by atoms with E-state index in [1.807, 2.05) is 0 Å². The molecule has 0 saturated heterocycles. The molecule has 0 radical (unpaired) electrons. The summed E-state index contributed by atoms with van der Waals surface area (Å²) in [5, 5.41) is 16.2. The van der Waals surface area contributed by atoms with Gasteiger partial charge in [0.2, 0.25) is 0 Å². The Morgan fingerprint density at radius 1 is 1.48 bits per heavy atom. The van der Waals surface area contributed by atoms with Crippen LogP contribution in [0.25, 0.3) is 0 Å². The number of carbonyl (C=O) groups is 2. The molecule has 110 valence electrons. The van der Waals surface area contributed by atoms with Crippen molar-refractivity contribution in [2.24, 2.45) is 12.8 Å². The monoisotopic (exact) mass is 308 g/mol. The van der Waals surface area contributed by atoms with Gasteiger partial charge in [0.25, 0.3) is 5.91 Å². The summed E-state index contributed by atoms with van der Waals surface area (Å²) in [4.78, 5) is 22.9. The molecule has 1 aromatic carbocycles. The number of anilines is 1. The van der Waals surface area contributed by atoms with E-state index in [1.54, 1.807) is 19.3 Å². The number of carboxylic acids is 1. The van der Waals surface area contributed by atoms with Crippen LogP contribution in [-0.2, 0) is 11.8 Å². The Labute approximate surface area is 125 Å². The van der Waals surface area contributed by atoms with Gasteiger partial charge in [-0.1, -0.05) is 17.7 Å². The summed E-state index contributed by atoms with van der Waals surface area (Å²) in [6, 6.07) is 3.57. The van der Waals surface area contributed by atoms with Crippen molar-refractivity contribution in [2.75, 3.05) is 5.32 Å². The fourth-order valence-electron chi connectivity index (χ4n) is 1.93. The number of hydrogen-bond acceptors (Lipinski definition) is 4. The molecule has 1 heterocycles. The maximum atomic E-state index is 11.5. The van der Waals surface area contributed by atoms with E-state index < -0.39 is 17.9 Å². The van der Waals surface area contributed by atoms with Gasteiger partial charge in [-0.25, -0.2) is 4.79 Å². The number of rotatable bonds is 5. The van der Waals surface area contributed by atoms with E-state index in [0.29, 0.717) is 5.56 Å². The molecule has 4 N–H and O–H groups in total. The fraction of sp³-hybridized carbons (Fsp3) is 0.154. The molecule has 0 saturated carbocycles. The summed E-state index contributed by atoms with van der Waals surface area (Å²) < 4.78 is 1.49. The standard InChI is InChI=1S/C13H13ClN4O3/c1-18-6-7(5-16-18)11(13(20)21)17-9-4-2-3-8(14)10(9)12(15)19/h2-6,11,17H,1H3,(H2,15,19)(H,20,21). The summed E-state index contributed by atoms with van der Waals surface area (Å²) in [5.41, 5.74) is 6.03. The zero-order valence-corrected chi connectivity index (χ0v) is 11.8. The first-order chi connectivity index (χ1) is 9.90. The highest BCUT2D eigenvalue weighted by Crippen LogP contribution is 2.27. The molecule has 1 amide bonds. The molecule has 8 heteroatoms. The first-order valence-corrected chi connectivity index (χ1v) is 6.34.